The Morgan fingerprint density at radius 1 is 1.05 bits per heavy atom. The highest BCUT2D eigenvalue weighted by Crippen LogP contribution is 2.19. The van der Waals surface area contributed by atoms with Gasteiger partial charge in [-0.2, -0.15) is 0 Å². The van der Waals surface area contributed by atoms with Crippen LogP contribution in [0.1, 0.15) is 18.1 Å². The quantitative estimate of drug-likeness (QED) is 0.857. The first-order chi connectivity index (χ1) is 9.61. The van der Waals surface area contributed by atoms with E-state index in [1.807, 2.05) is 31.2 Å². The molecule has 0 bridgehead atoms. The van der Waals surface area contributed by atoms with Crippen molar-refractivity contribution in [2.24, 2.45) is 0 Å². The normalized spacial score (nSPS) is 10.2. The molecule has 0 aliphatic rings. The van der Waals surface area contributed by atoms with Gasteiger partial charge in [0.1, 0.15) is 5.82 Å². The molecule has 104 valence electrons. The summed E-state index contributed by atoms with van der Waals surface area (Å²) in [7, 11) is 0. The lowest BCUT2D eigenvalue weighted by molar-refractivity contribution is 0.262. The molecular formula is C16H17FN2O. The second-order valence-corrected chi connectivity index (χ2v) is 4.50. The molecule has 0 saturated heterocycles. The number of nitrogens with one attached hydrogen (secondary N) is 2. The lowest BCUT2D eigenvalue weighted by Gasteiger charge is -2.12. The Morgan fingerprint density at radius 3 is 2.45 bits per heavy atom. The zero-order valence-electron chi connectivity index (χ0n) is 11.5. The first-order valence-electron chi connectivity index (χ1n) is 6.53. The third kappa shape index (κ3) is 3.15. The lowest BCUT2D eigenvalue weighted by atomic mass is 10.1. The van der Waals surface area contributed by atoms with E-state index in [1.54, 1.807) is 19.1 Å². The van der Waals surface area contributed by atoms with E-state index in [4.69, 9.17) is 0 Å². The molecule has 2 aromatic carbocycles. The number of hydrogen-bond donors (Lipinski definition) is 2. The smallest absolute Gasteiger partial charge is 0.307 e. The summed E-state index contributed by atoms with van der Waals surface area (Å²) in [5.41, 5.74) is 2.71. The number of halogens is 1. The fourth-order valence-corrected chi connectivity index (χ4v) is 1.97. The van der Waals surface area contributed by atoms with Gasteiger partial charge < -0.3 is 10.6 Å². The Bertz CT molecular complexity index is 626. The number of anilines is 2. The molecule has 0 aliphatic carbocycles. The van der Waals surface area contributed by atoms with Crippen LogP contribution < -0.4 is 10.6 Å². The largest absolute Gasteiger partial charge is 0.323 e. The van der Waals surface area contributed by atoms with Gasteiger partial charge in [0.2, 0.25) is 0 Å². The maximum atomic E-state index is 13.4. The SMILES string of the molecule is CCc1ccccc1NC(=O)Nc1cccc(F)c1C. The summed E-state index contributed by atoms with van der Waals surface area (Å²) in [4.78, 5) is 12.0. The fraction of sp³-hybridized carbons (Fsp3) is 0.188. The van der Waals surface area contributed by atoms with Crippen molar-refractivity contribution in [3.8, 4) is 0 Å². The van der Waals surface area contributed by atoms with Crippen LogP contribution in [0.15, 0.2) is 42.5 Å². The maximum absolute atomic E-state index is 13.4. The molecule has 4 heteroatoms. The van der Waals surface area contributed by atoms with Crippen molar-refractivity contribution in [1.82, 2.24) is 0 Å². The van der Waals surface area contributed by atoms with Gasteiger partial charge in [-0.1, -0.05) is 31.2 Å². The number of benzene rings is 2. The highest BCUT2D eigenvalue weighted by atomic mass is 19.1. The number of urea groups is 1. The molecule has 0 spiro atoms. The van der Waals surface area contributed by atoms with Crippen LogP contribution in [0.2, 0.25) is 0 Å². The number of amides is 2. The van der Waals surface area contributed by atoms with Gasteiger partial charge in [-0.05, 0) is 37.1 Å². The summed E-state index contributed by atoms with van der Waals surface area (Å²) in [6.07, 6.45) is 0.829. The monoisotopic (exact) mass is 272 g/mol. The van der Waals surface area contributed by atoms with Gasteiger partial charge in [-0.25, -0.2) is 9.18 Å². The van der Waals surface area contributed by atoms with Crippen LogP contribution in [-0.2, 0) is 6.42 Å². The summed E-state index contributed by atoms with van der Waals surface area (Å²) in [6.45, 7) is 3.65. The van der Waals surface area contributed by atoms with Crippen molar-refractivity contribution in [3.05, 3.63) is 59.4 Å². The fourth-order valence-electron chi connectivity index (χ4n) is 1.97. The Kier molecular flexibility index (Phi) is 4.35. The topological polar surface area (TPSA) is 41.1 Å². The van der Waals surface area contributed by atoms with E-state index >= 15 is 0 Å². The lowest BCUT2D eigenvalue weighted by Crippen LogP contribution is -2.20. The molecule has 0 atom stereocenters. The standard InChI is InChI=1S/C16H17FN2O/c1-3-12-7-4-5-9-15(12)19-16(20)18-14-10-6-8-13(17)11(14)2/h4-10H,3H2,1-2H3,(H2,18,19,20). The molecule has 20 heavy (non-hydrogen) atoms. The van der Waals surface area contributed by atoms with E-state index in [0.717, 1.165) is 17.7 Å². The molecule has 2 N–H and O–H groups in total. The van der Waals surface area contributed by atoms with E-state index in [9.17, 15) is 9.18 Å². The second-order valence-electron chi connectivity index (χ2n) is 4.50. The molecule has 2 aromatic rings. The van der Waals surface area contributed by atoms with Gasteiger partial charge in [-0.15, -0.1) is 0 Å². The van der Waals surface area contributed by atoms with Crippen LogP contribution >= 0.6 is 0 Å². The second kappa shape index (κ2) is 6.19. The van der Waals surface area contributed by atoms with Crippen LogP contribution in [0.5, 0.6) is 0 Å². The van der Waals surface area contributed by atoms with Crippen LogP contribution in [0, 0.1) is 12.7 Å². The highest BCUT2D eigenvalue weighted by Gasteiger charge is 2.08. The molecule has 0 saturated carbocycles. The van der Waals surface area contributed by atoms with E-state index in [2.05, 4.69) is 10.6 Å². The van der Waals surface area contributed by atoms with Crippen molar-refractivity contribution in [2.75, 3.05) is 10.6 Å². The van der Waals surface area contributed by atoms with Gasteiger partial charge in [-0.3, -0.25) is 0 Å². The minimum atomic E-state index is -0.375. The van der Waals surface area contributed by atoms with Gasteiger partial charge in [0.15, 0.2) is 0 Å². The number of para-hydroxylation sites is 1. The highest BCUT2D eigenvalue weighted by molar-refractivity contribution is 6.00. The number of hydrogen-bond acceptors (Lipinski definition) is 1. The van der Waals surface area contributed by atoms with Crippen molar-refractivity contribution < 1.29 is 9.18 Å². The number of rotatable bonds is 3. The Balaban J connectivity index is 2.11. The van der Waals surface area contributed by atoms with Crippen molar-refractivity contribution >= 4 is 17.4 Å². The molecule has 0 heterocycles. The van der Waals surface area contributed by atoms with Crippen LogP contribution in [0.25, 0.3) is 0 Å². The van der Waals surface area contributed by atoms with Gasteiger partial charge in [0.05, 0.1) is 0 Å². The summed E-state index contributed by atoms with van der Waals surface area (Å²) in [5.74, 6) is -0.336. The van der Waals surface area contributed by atoms with E-state index in [0.29, 0.717) is 11.3 Å². The van der Waals surface area contributed by atoms with E-state index in [1.165, 1.54) is 6.07 Å². The summed E-state index contributed by atoms with van der Waals surface area (Å²) in [6, 6.07) is 11.8. The van der Waals surface area contributed by atoms with Crippen LogP contribution in [-0.4, -0.2) is 6.03 Å². The van der Waals surface area contributed by atoms with Gasteiger partial charge in [0.25, 0.3) is 0 Å². The summed E-state index contributed by atoms with van der Waals surface area (Å²) in [5, 5.41) is 5.44. The molecular weight excluding hydrogens is 255 g/mol. The number of carbonyl (C=O) groups excluding carboxylic acids is 1. The molecule has 2 amide bonds. The number of aryl methyl sites for hydroxylation is 1. The summed E-state index contributed by atoms with van der Waals surface area (Å²) >= 11 is 0. The number of carbonyl (C=O) groups is 1. The van der Waals surface area contributed by atoms with Gasteiger partial charge >= 0.3 is 6.03 Å². The predicted molar refractivity (Wildman–Crippen MR) is 79.6 cm³/mol. The first kappa shape index (κ1) is 14.1. The van der Waals surface area contributed by atoms with E-state index in [-0.39, 0.29) is 11.8 Å². The Hall–Kier alpha value is -2.36. The van der Waals surface area contributed by atoms with E-state index < -0.39 is 0 Å². The molecule has 0 aliphatic heterocycles. The van der Waals surface area contributed by atoms with Gasteiger partial charge in [0, 0.05) is 16.9 Å². The molecule has 0 radical (unpaired) electrons. The molecule has 0 aromatic heterocycles. The predicted octanol–water partition coefficient (Wildman–Crippen LogP) is 4.34. The third-order valence-corrected chi connectivity index (χ3v) is 3.16. The summed E-state index contributed by atoms with van der Waals surface area (Å²) < 4.78 is 13.4. The first-order valence-corrected chi connectivity index (χ1v) is 6.53. The zero-order chi connectivity index (χ0) is 14.5. The molecule has 3 nitrogen and oxygen atoms in total. The zero-order valence-corrected chi connectivity index (χ0v) is 11.5. The Morgan fingerprint density at radius 2 is 1.70 bits per heavy atom. The molecule has 0 fully saturated rings. The van der Waals surface area contributed by atoms with Crippen molar-refractivity contribution in [1.29, 1.82) is 0 Å². The minimum absolute atomic E-state index is 0.336. The third-order valence-electron chi connectivity index (χ3n) is 3.16. The molecule has 0 unspecified atom stereocenters. The average Bonchev–Trinajstić information content (AvgIpc) is 2.44. The van der Waals surface area contributed by atoms with Crippen LogP contribution in [0.3, 0.4) is 0 Å². The van der Waals surface area contributed by atoms with Crippen LogP contribution in [0.4, 0.5) is 20.6 Å². The Labute approximate surface area is 117 Å². The van der Waals surface area contributed by atoms with Crippen molar-refractivity contribution in [3.63, 3.8) is 0 Å². The molecule has 2 rings (SSSR count). The average molecular weight is 272 g/mol. The maximum Gasteiger partial charge on any atom is 0.323 e. The minimum Gasteiger partial charge on any atom is -0.307 e. The van der Waals surface area contributed by atoms with Crippen molar-refractivity contribution in [2.45, 2.75) is 20.3 Å².